The van der Waals surface area contributed by atoms with Crippen molar-refractivity contribution in [1.82, 2.24) is 0 Å². The number of nitrogen functional groups attached to an aromatic ring is 2. The van der Waals surface area contributed by atoms with Gasteiger partial charge in [0, 0.05) is 46.2 Å². The summed E-state index contributed by atoms with van der Waals surface area (Å²) in [5.41, 5.74) is 25.4. The average molecular weight is 531 g/mol. The molecule has 1 aliphatic rings. The van der Waals surface area contributed by atoms with Crippen LogP contribution in [0.1, 0.15) is 11.1 Å². The first-order valence-corrected chi connectivity index (χ1v) is 13.8. The molecule has 0 saturated heterocycles. The van der Waals surface area contributed by atoms with Crippen LogP contribution >= 0.6 is 0 Å². The second-order valence-electron chi connectivity index (χ2n) is 10.3. The van der Waals surface area contributed by atoms with Crippen LogP contribution in [0.3, 0.4) is 0 Å². The molecule has 41 heavy (non-hydrogen) atoms. The normalized spacial score (nSPS) is 11.5. The lowest BCUT2D eigenvalue weighted by molar-refractivity contribution is 1.20. The van der Waals surface area contributed by atoms with Crippen molar-refractivity contribution in [3.8, 4) is 11.1 Å². The fourth-order valence-electron chi connectivity index (χ4n) is 5.80. The maximum atomic E-state index is 6.09. The van der Waals surface area contributed by atoms with E-state index >= 15 is 0 Å². The third kappa shape index (κ3) is 4.56. The van der Waals surface area contributed by atoms with Crippen LogP contribution in [0.15, 0.2) is 146 Å². The smallest absolute Gasteiger partial charge is 0.0503 e. The van der Waals surface area contributed by atoms with Gasteiger partial charge >= 0.3 is 0 Å². The van der Waals surface area contributed by atoms with Crippen molar-refractivity contribution in [3.63, 3.8) is 0 Å². The Hall–Kier alpha value is -5.48. The average Bonchev–Trinajstić information content (AvgIpc) is 3.40. The molecule has 7 rings (SSSR count). The number of anilines is 8. The van der Waals surface area contributed by atoms with Gasteiger partial charge in [-0.1, -0.05) is 54.6 Å². The zero-order chi connectivity index (χ0) is 27.8. The van der Waals surface area contributed by atoms with E-state index in [2.05, 4.69) is 125 Å². The number of hydrogen-bond acceptors (Lipinski definition) is 4. The van der Waals surface area contributed by atoms with Crippen molar-refractivity contribution < 1.29 is 0 Å². The van der Waals surface area contributed by atoms with Gasteiger partial charge in [0.05, 0.1) is 5.69 Å². The van der Waals surface area contributed by atoms with Crippen molar-refractivity contribution in [2.24, 2.45) is 0 Å². The van der Waals surface area contributed by atoms with Gasteiger partial charge in [0.2, 0.25) is 0 Å². The molecule has 0 saturated carbocycles. The van der Waals surface area contributed by atoms with Gasteiger partial charge in [0.25, 0.3) is 0 Å². The Morgan fingerprint density at radius 1 is 0.390 bits per heavy atom. The van der Waals surface area contributed by atoms with E-state index in [4.69, 9.17) is 11.5 Å². The summed E-state index contributed by atoms with van der Waals surface area (Å²) in [7, 11) is 0. The molecule has 0 atom stereocenters. The van der Waals surface area contributed by atoms with Crippen molar-refractivity contribution in [2.75, 3.05) is 21.3 Å². The summed E-state index contributed by atoms with van der Waals surface area (Å²) >= 11 is 0. The topological polar surface area (TPSA) is 58.5 Å². The molecule has 0 aromatic heterocycles. The number of hydrogen-bond donors (Lipinski definition) is 2. The first-order chi connectivity index (χ1) is 20.2. The first kappa shape index (κ1) is 24.6. The van der Waals surface area contributed by atoms with Crippen LogP contribution in [0.2, 0.25) is 0 Å². The number of nitrogens with two attached hydrogens (primary N) is 2. The van der Waals surface area contributed by atoms with Crippen LogP contribution in [0.25, 0.3) is 11.1 Å². The van der Waals surface area contributed by atoms with Gasteiger partial charge in [-0.3, -0.25) is 0 Å². The van der Waals surface area contributed by atoms with Crippen LogP contribution in [0.5, 0.6) is 0 Å². The van der Waals surface area contributed by atoms with Gasteiger partial charge in [0.1, 0.15) is 0 Å². The lowest BCUT2D eigenvalue weighted by Gasteiger charge is -2.29. The van der Waals surface area contributed by atoms with Gasteiger partial charge in [0.15, 0.2) is 0 Å². The Kier molecular flexibility index (Phi) is 6.14. The highest BCUT2D eigenvalue weighted by molar-refractivity contribution is 5.88. The van der Waals surface area contributed by atoms with Gasteiger partial charge in [-0.2, -0.15) is 0 Å². The highest BCUT2D eigenvalue weighted by Crippen LogP contribution is 2.46. The molecule has 198 valence electrons. The maximum absolute atomic E-state index is 6.09. The van der Waals surface area contributed by atoms with E-state index in [1.807, 2.05) is 30.3 Å². The summed E-state index contributed by atoms with van der Waals surface area (Å²) < 4.78 is 0. The molecule has 0 amide bonds. The van der Waals surface area contributed by atoms with Gasteiger partial charge in [-0.05, 0) is 113 Å². The summed E-state index contributed by atoms with van der Waals surface area (Å²) in [6.45, 7) is 0. The number of rotatable bonds is 6. The summed E-state index contributed by atoms with van der Waals surface area (Å²) in [5.74, 6) is 0. The van der Waals surface area contributed by atoms with Crippen molar-refractivity contribution in [2.45, 2.75) is 6.42 Å². The Morgan fingerprint density at radius 2 is 0.854 bits per heavy atom. The molecule has 0 radical (unpaired) electrons. The Bertz CT molecular complexity index is 1810. The minimum absolute atomic E-state index is 0.744. The van der Waals surface area contributed by atoms with E-state index in [1.54, 1.807) is 0 Å². The Balaban J connectivity index is 1.34. The van der Waals surface area contributed by atoms with Crippen molar-refractivity contribution in [1.29, 1.82) is 0 Å². The summed E-state index contributed by atoms with van der Waals surface area (Å²) in [6.07, 6.45) is 0.907. The number of para-hydroxylation sites is 1. The lowest BCUT2D eigenvalue weighted by atomic mass is 10.0. The standard InChI is InChI=1S/C37H30N4/c38-27-13-17-30(18-14-27)40(29-8-2-1-3-9-29)31-21-23-33(24-22-31)41(32-19-15-28(39)16-20-32)37-12-6-11-35-34-10-5-4-7-26(34)25-36(35)37/h1-24H,25,38-39H2. The molecular weight excluding hydrogens is 500 g/mol. The minimum Gasteiger partial charge on any atom is -0.399 e. The maximum Gasteiger partial charge on any atom is 0.0503 e. The molecule has 0 aliphatic heterocycles. The molecule has 6 aromatic rings. The first-order valence-electron chi connectivity index (χ1n) is 13.8. The van der Waals surface area contributed by atoms with E-state index in [9.17, 15) is 0 Å². The van der Waals surface area contributed by atoms with E-state index < -0.39 is 0 Å². The van der Waals surface area contributed by atoms with E-state index in [1.165, 1.54) is 27.9 Å². The van der Waals surface area contributed by atoms with E-state index in [0.29, 0.717) is 0 Å². The molecule has 1 aliphatic carbocycles. The second kappa shape index (κ2) is 10.2. The summed E-state index contributed by atoms with van der Waals surface area (Å²) in [5, 5.41) is 0. The highest BCUT2D eigenvalue weighted by atomic mass is 15.2. The van der Waals surface area contributed by atoms with Gasteiger partial charge in [-0.25, -0.2) is 0 Å². The molecule has 0 spiro atoms. The van der Waals surface area contributed by atoms with E-state index in [-0.39, 0.29) is 0 Å². The van der Waals surface area contributed by atoms with Crippen LogP contribution in [-0.2, 0) is 6.42 Å². The SMILES string of the molecule is Nc1ccc(N(c2ccccc2)c2ccc(N(c3ccc(N)cc3)c3cccc4c3Cc3ccccc3-4)cc2)cc1. The fourth-order valence-corrected chi connectivity index (χ4v) is 5.80. The van der Waals surface area contributed by atoms with E-state index in [0.717, 1.165) is 46.2 Å². The van der Waals surface area contributed by atoms with Crippen LogP contribution in [0.4, 0.5) is 45.5 Å². The molecule has 4 N–H and O–H groups in total. The molecule has 0 unspecified atom stereocenters. The Labute approximate surface area is 240 Å². The molecule has 4 nitrogen and oxygen atoms in total. The zero-order valence-electron chi connectivity index (χ0n) is 22.6. The highest BCUT2D eigenvalue weighted by Gasteiger charge is 2.25. The third-order valence-corrected chi connectivity index (χ3v) is 7.75. The number of nitrogens with zero attached hydrogens (tertiary/aromatic N) is 2. The van der Waals surface area contributed by atoms with Gasteiger partial charge in [-0.15, -0.1) is 0 Å². The molecule has 6 aromatic carbocycles. The molecule has 0 heterocycles. The lowest BCUT2D eigenvalue weighted by Crippen LogP contribution is -2.13. The second-order valence-corrected chi connectivity index (χ2v) is 10.3. The molecule has 0 bridgehead atoms. The predicted octanol–water partition coefficient (Wildman–Crippen LogP) is 9.36. The quantitative estimate of drug-likeness (QED) is 0.210. The third-order valence-electron chi connectivity index (χ3n) is 7.75. The summed E-state index contributed by atoms with van der Waals surface area (Å²) in [4.78, 5) is 4.58. The molecule has 4 heteroatoms. The monoisotopic (exact) mass is 530 g/mol. The number of benzene rings is 6. The van der Waals surface area contributed by atoms with Crippen molar-refractivity contribution in [3.05, 3.63) is 157 Å². The van der Waals surface area contributed by atoms with Crippen LogP contribution in [0, 0.1) is 0 Å². The molecular formula is C37H30N4. The fraction of sp³-hybridized carbons (Fsp3) is 0.0270. The Morgan fingerprint density at radius 3 is 1.46 bits per heavy atom. The molecule has 0 fully saturated rings. The predicted molar refractivity (Wildman–Crippen MR) is 173 cm³/mol. The number of fused-ring (bicyclic) bond motifs is 3. The zero-order valence-corrected chi connectivity index (χ0v) is 22.6. The van der Waals surface area contributed by atoms with Crippen LogP contribution in [-0.4, -0.2) is 0 Å². The van der Waals surface area contributed by atoms with Crippen LogP contribution < -0.4 is 21.3 Å². The largest absolute Gasteiger partial charge is 0.399 e. The minimum atomic E-state index is 0.744. The summed E-state index contributed by atoms with van der Waals surface area (Å²) in [6, 6.07) is 50.6. The van der Waals surface area contributed by atoms with Crippen molar-refractivity contribution >= 4 is 45.5 Å². The van der Waals surface area contributed by atoms with Gasteiger partial charge < -0.3 is 21.3 Å².